The first-order valence-electron chi connectivity index (χ1n) is 5.31. The maximum Gasteiger partial charge on any atom is 0.148 e. The quantitative estimate of drug-likeness (QED) is 0.783. The Morgan fingerprint density at radius 1 is 1.12 bits per heavy atom. The van der Waals surface area contributed by atoms with E-state index in [2.05, 4.69) is 42.0 Å². The summed E-state index contributed by atoms with van der Waals surface area (Å²) >= 11 is 7.44. The molecule has 0 fully saturated rings. The highest BCUT2D eigenvalue weighted by Gasteiger charge is 2.00. The van der Waals surface area contributed by atoms with Crippen LogP contribution in [-0.2, 0) is 5.75 Å². The number of benzene rings is 1. The average Bonchev–Trinajstić information content (AvgIpc) is 2.25. The largest absolute Gasteiger partial charge is 0.259 e. The standard InChI is InChI=1S/C13H13ClN2S/c1-9-3-10(2)5-11(4-9)8-17-13-7-15-6-12(14)16-13/h3-7H,8H2,1-2H3. The highest BCUT2D eigenvalue weighted by Crippen LogP contribution is 2.22. The highest BCUT2D eigenvalue weighted by molar-refractivity contribution is 7.98. The zero-order chi connectivity index (χ0) is 12.3. The molecule has 4 heteroatoms. The summed E-state index contributed by atoms with van der Waals surface area (Å²) in [6.45, 7) is 4.22. The molecule has 0 N–H and O–H groups in total. The molecule has 0 amide bonds. The van der Waals surface area contributed by atoms with Gasteiger partial charge in [-0.25, -0.2) is 4.98 Å². The van der Waals surface area contributed by atoms with Crippen molar-refractivity contribution in [1.82, 2.24) is 9.97 Å². The average molecular weight is 265 g/mol. The number of rotatable bonds is 3. The molecule has 1 aromatic carbocycles. The lowest BCUT2D eigenvalue weighted by Gasteiger charge is -2.04. The lowest BCUT2D eigenvalue weighted by Crippen LogP contribution is -1.87. The molecule has 0 bridgehead atoms. The van der Waals surface area contributed by atoms with Crippen LogP contribution in [0.1, 0.15) is 16.7 Å². The summed E-state index contributed by atoms with van der Waals surface area (Å²) < 4.78 is 0. The van der Waals surface area contributed by atoms with Gasteiger partial charge in [-0.2, -0.15) is 0 Å². The van der Waals surface area contributed by atoms with Gasteiger partial charge >= 0.3 is 0 Å². The van der Waals surface area contributed by atoms with Gasteiger partial charge in [-0.15, -0.1) is 11.8 Å². The van der Waals surface area contributed by atoms with E-state index >= 15 is 0 Å². The smallest absolute Gasteiger partial charge is 0.148 e. The summed E-state index contributed by atoms with van der Waals surface area (Å²) in [6.07, 6.45) is 3.28. The van der Waals surface area contributed by atoms with Crippen LogP contribution in [0, 0.1) is 13.8 Å². The van der Waals surface area contributed by atoms with Crippen LogP contribution in [0.3, 0.4) is 0 Å². The van der Waals surface area contributed by atoms with Crippen LogP contribution in [0.15, 0.2) is 35.6 Å². The number of nitrogens with zero attached hydrogens (tertiary/aromatic N) is 2. The minimum absolute atomic E-state index is 0.440. The van der Waals surface area contributed by atoms with E-state index in [-0.39, 0.29) is 0 Å². The van der Waals surface area contributed by atoms with Crippen LogP contribution in [0.4, 0.5) is 0 Å². The second kappa shape index (κ2) is 5.52. The Bertz CT molecular complexity index is 508. The zero-order valence-corrected chi connectivity index (χ0v) is 11.3. The van der Waals surface area contributed by atoms with Crippen molar-refractivity contribution < 1.29 is 0 Å². The van der Waals surface area contributed by atoms with Crippen LogP contribution >= 0.6 is 23.4 Å². The third-order valence-corrected chi connectivity index (χ3v) is 3.40. The predicted octanol–water partition coefficient (Wildman–Crippen LogP) is 4.04. The second-order valence-electron chi connectivity index (χ2n) is 3.96. The van der Waals surface area contributed by atoms with E-state index in [1.54, 1.807) is 24.2 Å². The van der Waals surface area contributed by atoms with Crippen molar-refractivity contribution in [3.63, 3.8) is 0 Å². The third kappa shape index (κ3) is 3.72. The third-order valence-electron chi connectivity index (χ3n) is 2.25. The van der Waals surface area contributed by atoms with E-state index in [0.717, 1.165) is 10.8 Å². The van der Waals surface area contributed by atoms with Gasteiger partial charge in [0.25, 0.3) is 0 Å². The molecule has 1 heterocycles. The molecule has 2 aromatic rings. The van der Waals surface area contributed by atoms with E-state index in [1.165, 1.54) is 16.7 Å². The van der Waals surface area contributed by atoms with Gasteiger partial charge in [0.05, 0.1) is 12.4 Å². The fraction of sp³-hybridized carbons (Fsp3) is 0.231. The van der Waals surface area contributed by atoms with Crippen molar-refractivity contribution in [3.05, 3.63) is 52.4 Å². The number of halogens is 1. The van der Waals surface area contributed by atoms with E-state index in [9.17, 15) is 0 Å². The van der Waals surface area contributed by atoms with Crippen LogP contribution in [0.5, 0.6) is 0 Å². The van der Waals surface area contributed by atoms with Gasteiger partial charge in [-0.3, -0.25) is 4.98 Å². The van der Waals surface area contributed by atoms with Crippen molar-refractivity contribution in [3.8, 4) is 0 Å². The first kappa shape index (κ1) is 12.4. The Hall–Kier alpha value is -1.06. The van der Waals surface area contributed by atoms with Gasteiger partial charge in [0.15, 0.2) is 0 Å². The first-order valence-corrected chi connectivity index (χ1v) is 6.67. The number of aryl methyl sites for hydroxylation is 2. The van der Waals surface area contributed by atoms with E-state index < -0.39 is 0 Å². The zero-order valence-electron chi connectivity index (χ0n) is 9.77. The molecule has 1 aromatic heterocycles. The van der Waals surface area contributed by atoms with Crippen molar-refractivity contribution in [2.45, 2.75) is 24.6 Å². The van der Waals surface area contributed by atoms with Crippen molar-refractivity contribution >= 4 is 23.4 Å². The highest BCUT2D eigenvalue weighted by atomic mass is 35.5. The van der Waals surface area contributed by atoms with E-state index in [0.29, 0.717) is 5.15 Å². The van der Waals surface area contributed by atoms with Gasteiger partial charge < -0.3 is 0 Å². The topological polar surface area (TPSA) is 25.8 Å². The van der Waals surface area contributed by atoms with Gasteiger partial charge in [-0.1, -0.05) is 40.9 Å². The Morgan fingerprint density at radius 3 is 2.47 bits per heavy atom. The fourth-order valence-electron chi connectivity index (χ4n) is 1.70. The minimum atomic E-state index is 0.440. The lowest BCUT2D eigenvalue weighted by molar-refractivity contribution is 1.05. The molecule has 2 rings (SSSR count). The molecule has 0 atom stereocenters. The molecule has 88 valence electrons. The summed E-state index contributed by atoms with van der Waals surface area (Å²) in [7, 11) is 0. The molecule has 17 heavy (non-hydrogen) atoms. The van der Waals surface area contributed by atoms with Gasteiger partial charge in [0.1, 0.15) is 10.2 Å². The van der Waals surface area contributed by atoms with E-state index in [4.69, 9.17) is 11.6 Å². The van der Waals surface area contributed by atoms with Gasteiger partial charge in [-0.05, 0) is 19.4 Å². The van der Waals surface area contributed by atoms with Crippen molar-refractivity contribution in [2.75, 3.05) is 0 Å². The molecule has 0 unspecified atom stereocenters. The molecule has 0 saturated heterocycles. The van der Waals surface area contributed by atoms with Crippen LogP contribution < -0.4 is 0 Å². The number of hydrogen-bond acceptors (Lipinski definition) is 3. The number of hydrogen-bond donors (Lipinski definition) is 0. The summed E-state index contributed by atoms with van der Waals surface area (Å²) in [4.78, 5) is 8.22. The van der Waals surface area contributed by atoms with Crippen LogP contribution in [0.25, 0.3) is 0 Å². The van der Waals surface area contributed by atoms with Gasteiger partial charge in [0.2, 0.25) is 0 Å². The predicted molar refractivity (Wildman–Crippen MR) is 72.5 cm³/mol. The monoisotopic (exact) mass is 264 g/mol. The summed E-state index contributed by atoms with van der Waals surface area (Å²) in [6, 6.07) is 6.56. The van der Waals surface area contributed by atoms with E-state index in [1.807, 2.05) is 0 Å². The molecule has 0 saturated carbocycles. The summed E-state index contributed by atoms with van der Waals surface area (Å²) in [5.74, 6) is 0.886. The number of thioether (sulfide) groups is 1. The van der Waals surface area contributed by atoms with Gasteiger partial charge in [0, 0.05) is 5.75 Å². The van der Waals surface area contributed by atoms with Crippen LogP contribution in [-0.4, -0.2) is 9.97 Å². The normalized spacial score (nSPS) is 10.5. The maximum absolute atomic E-state index is 5.79. The second-order valence-corrected chi connectivity index (χ2v) is 5.35. The van der Waals surface area contributed by atoms with Crippen LogP contribution in [0.2, 0.25) is 5.15 Å². The first-order chi connectivity index (χ1) is 8.13. The molecule has 0 spiro atoms. The summed E-state index contributed by atoms with van der Waals surface area (Å²) in [5, 5.41) is 1.30. The molecular weight excluding hydrogens is 252 g/mol. The maximum atomic E-state index is 5.79. The SMILES string of the molecule is Cc1cc(C)cc(CSc2cncc(Cl)n2)c1. The molecule has 0 radical (unpaired) electrons. The fourth-order valence-corrected chi connectivity index (χ4v) is 2.68. The lowest BCUT2D eigenvalue weighted by atomic mass is 10.1. The Balaban J connectivity index is 2.07. The summed E-state index contributed by atoms with van der Waals surface area (Å²) in [5.41, 5.74) is 3.88. The van der Waals surface area contributed by atoms with Crippen molar-refractivity contribution in [1.29, 1.82) is 0 Å². The molecule has 0 aliphatic carbocycles. The Kier molecular flexibility index (Phi) is 4.02. The molecule has 0 aliphatic rings. The minimum Gasteiger partial charge on any atom is -0.259 e. The number of aromatic nitrogens is 2. The molecule has 0 aliphatic heterocycles. The molecular formula is C13H13ClN2S. The molecule has 2 nitrogen and oxygen atoms in total. The Morgan fingerprint density at radius 2 is 1.82 bits per heavy atom. The Labute approximate surface area is 110 Å². The van der Waals surface area contributed by atoms with Crippen molar-refractivity contribution in [2.24, 2.45) is 0 Å².